The first-order chi connectivity index (χ1) is 6.22. The molecule has 1 heterocycles. The Morgan fingerprint density at radius 3 is 2.23 bits per heavy atom. The Morgan fingerprint density at radius 1 is 1.00 bits per heavy atom. The van der Waals surface area contributed by atoms with E-state index in [4.69, 9.17) is 0 Å². The summed E-state index contributed by atoms with van der Waals surface area (Å²) < 4.78 is 0. The molecule has 0 N–H and O–H groups in total. The Bertz CT molecular complexity index is 134. The Labute approximate surface area is 82.9 Å². The summed E-state index contributed by atoms with van der Waals surface area (Å²) in [6, 6.07) is 0. The minimum Gasteiger partial charge on any atom is -0.302 e. The minimum atomic E-state index is 0.813. The highest BCUT2D eigenvalue weighted by Crippen LogP contribution is 2.05. The molecule has 0 radical (unpaired) electrons. The van der Waals surface area contributed by atoms with Crippen molar-refractivity contribution in [3.05, 3.63) is 0 Å². The predicted octanol–water partition coefficient (Wildman–Crippen LogP) is 1.67. The molecule has 0 amide bonds. The second-order valence-corrected chi connectivity index (χ2v) is 4.48. The summed E-state index contributed by atoms with van der Waals surface area (Å²) in [4.78, 5) is 5.17. The second-order valence-electron chi connectivity index (χ2n) is 4.48. The monoisotopic (exact) mass is 184 g/mol. The maximum absolute atomic E-state index is 2.61. The van der Waals surface area contributed by atoms with Crippen LogP contribution in [0.3, 0.4) is 0 Å². The van der Waals surface area contributed by atoms with Crippen molar-refractivity contribution in [1.29, 1.82) is 0 Å². The molecule has 2 nitrogen and oxygen atoms in total. The van der Waals surface area contributed by atoms with Crippen molar-refractivity contribution < 1.29 is 0 Å². The molecule has 1 fully saturated rings. The normalized spacial score (nSPS) is 22.2. The molecular formula is C11H24N2. The smallest absolute Gasteiger partial charge is 0.0109 e. The molecule has 0 bridgehead atoms. The van der Waals surface area contributed by atoms with E-state index in [1.165, 1.54) is 45.7 Å². The van der Waals surface area contributed by atoms with Crippen molar-refractivity contribution in [2.24, 2.45) is 5.92 Å². The average Bonchev–Trinajstić information content (AvgIpc) is 2.29. The van der Waals surface area contributed by atoms with Gasteiger partial charge >= 0.3 is 0 Å². The van der Waals surface area contributed by atoms with Crippen LogP contribution >= 0.6 is 0 Å². The lowest BCUT2D eigenvalue weighted by molar-refractivity contribution is 0.242. The molecule has 1 aliphatic heterocycles. The third-order valence-corrected chi connectivity index (χ3v) is 2.75. The van der Waals surface area contributed by atoms with Gasteiger partial charge in [-0.2, -0.15) is 0 Å². The van der Waals surface area contributed by atoms with Crippen molar-refractivity contribution in [2.45, 2.75) is 27.2 Å². The van der Waals surface area contributed by atoms with Crippen LogP contribution in [0.2, 0.25) is 0 Å². The zero-order valence-corrected chi connectivity index (χ0v) is 9.42. The van der Waals surface area contributed by atoms with Crippen LogP contribution in [0.1, 0.15) is 27.2 Å². The zero-order valence-electron chi connectivity index (χ0n) is 9.42. The Balaban J connectivity index is 2.27. The highest BCUT2D eigenvalue weighted by Gasteiger charge is 2.13. The van der Waals surface area contributed by atoms with Gasteiger partial charge in [0, 0.05) is 19.6 Å². The molecule has 1 aliphatic rings. The first kappa shape index (κ1) is 11.0. The van der Waals surface area contributed by atoms with Crippen molar-refractivity contribution in [3.8, 4) is 0 Å². The molecule has 0 aromatic rings. The van der Waals surface area contributed by atoms with Gasteiger partial charge in [0.2, 0.25) is 0 Å². The number of likely N-dealkylation sites (N-methyl/N-ethyl adjacent to an activating group) is 1. The van der Waals surface area contributed by atoms with Crippen LogP contribution in [-0.2, 0) is 0 Å². The third kappa shape index (κ3) is 4.10. The molecule has 0 aromatic heterocycles. The maximum Gasteiger partial charge on any atom is 0.0109 e. The van der Waals surface area contributed by atoms with Crippen molar-refractivity contribution >= 4 is 0 Å². The van der Waals surface area contributed by atoms with Crippen LogP contribution in [0, 0.1) is 5.92 Å². The maximum atomic E-state index is 2.61. The fraction of sp³-hybridized carbons (Fsp3) is 1.00. The van der Waals surface area contributed by atoms with Gasteiger partial charge < -0.3 is 9.80 Å². The van der Waals surface area contributed by atoms with Gasteiger partial charge in [-0.3, -0.25) is 0 Å². The van der Waals surface area contributed by atoms with E-state index < -0.39 is 0 Å². The molecule has 0 aliphatic carbocycles. The molecule has 13 heavy (non-hydrogen) atoms. The number of hydrogen-bond acceptors (Lipinski definition) is 2. The van der Waals surface area contributed by atoms with E-state index in [0.717, 1.165) is 5.92 Å². The van der Waals surface area contributed by atoms with Crippen LogP contribution < -0.4 is 0 Å². The molecule has 0 saturated carbocycles. The number of rotatable bonds is 3. The topological polar surface area (TPSA) is 6.48 Å². The summed E-state index contributed by atoms with van der Waals surface area (Å²) in [5.41, 5.74) is 0. The van der Waals surface area contributed by atoms with E-state index in [2.05, 4.69) is 30.6 Å². The Morgan fingerprint density at radius 2 is 1.62 bits per heavy atom. The van der Waals surface area contributed by atoms with Crippen molar-refractivity contribution in [2.75, 3.05) is 39.3 Å². The second kappa shape index (κ2) is 5.61. The predicted molar refractivity (Wildman–Crippen MR) is 58.0 cm³/mol. The lowest BCUT2D eigenvalue weighted by Gasteiger charge is -2.22. The molecule has 1 saturated heterocycles. The van der Waals surface area contributed by atoms with E-state index in [9.17, 15) is 0 Å². The van der Waals surface area contributed by atoms with E-state index in [-0.39, 0.29) is 0 Å². The number of hydrogen-bond donors (Lipinski definition) is 0. The lowest BCUT2D eigenvalue weighted by Crippen LogP contribution is -2.32. The summed E-state index contributed by atoms with van der Waals surface area (Å²) in [7, 11) is 0. The van der Waals surface area contributed by atoms with E-state index in [1.54, 1.807) is 0 Å². The molecular weight excluding hydrogens is 160 g/mol. The standard InChI is InChI=1S/C11H24N2/c1-4-12-6-5-7-13(9-8-12)10-11(2)3/h11H,4-10H2,1-3H3. The lowest BCUT2D eigenvalue weighted by atomic mass is 10.2. The fourth-order valence-corrected chi connectivity index (χ4v) is 2.04. The van der Waals surface area contributed by atoms with Crippen molar-refractivity contribution in [3.63, 3.8) is 0 Å². The van der Waals surface area contributed by atoms with Gasteiger partial charge in [0.25, 0.3) is 0 Å². The van der Waals surface area contributed by atoms with Crippen molar-refractivity contribution in [1.82, 2.24) is 9.80 Å². The minimum absolute atomic E-state index is 0.813. The van der Waals surface area contributed by atoms with Gasteiger partial charge in [-0.1, -0.05) is 20.8 Å². The first-order valence-corrected chi connectivity index (χ1v) is 5.67. The summed E-state index contributed by atoms with van der Waals surface area (Å²) in [6.45, 7) is 14.5. The van der Waals surface area contributed by atoms with E-state index in [1.807, 2.05) is 0 Å². The van der Waals surface area contributed by atoms with E-state index in [0.29, 0.717) is 0 Å². The Hall–Kier alpha value is -0.0800. The summed E-state index contributed by atoms with van der Waals surface area (Å²) in [5.74, 6) is 0.813. The molecule has 0 unspecified atom stereocenters. The highest BCUT2D eigenvalue weighted by atomic mass is 15.2. The van der Waals surface area contributed by atoms with Crippen LogP contribution in [0.15, 0.2) is 0 Å². The van der Waals surface area contributed by atoms with E-state index >= 15 is 0 Å². The Kier molecular flexibility index (Phi) is 4.74. The molecule has 1 rings (SSSR count). The van der Waals surface area contributed by atoms with Gasteiger partial charge in [0.1, 0.15) is 0 Å². The summed E-state index contributed by atoms with van der Waals surface area (Å²) in [6.07, 6.45) is 1.35. The summed E-state index contributed by atoms with van der Waals surface area (Å²) >= 11 is 0. The molecule has 0 atom stereocenters. The summed E-state index contributed by atoms with van der Waals surface area (Å²) in [5, 5.41) is 0. The SMILES string of the molecule is CCN1CCCN(CC(C)C)CC1. The third-order valence-electron chi connectivity index (χ3n) is 2.75. The molecule has 0 aromatic carbocycles. The largest absolute Gasteiger partial charge is 0.302 e. The van der Waals surface area contributed by atoms with Gasteiger partial charge in [0.05, 0.1) is 0 Å². The van der Waals surface area contributed by atoms with Crippen LogP contribution in [0.5, 0.6) is 0 Å². The van der Waals surface area contributed by atoms with Crippen LogP contribution in [-0.4, -0.2) is 49.1 Å². The van der Waals surface area contributed by atoms with Gasteiger partial charge in [-0.25, -0.2) is 0 Å². The molecule has 2 heteroatoms. The molecule has 0 spiro atoms. The fourth-order valence-electron chi connectivity index (χ4n) is 2.04. The van der Waals surface area contributed by atoms with Gasteiger partial charge in [0.15, 0.2) is 0 Å². The molecule has 78 valence electrons. The quantitative estimate of drug-likeness (QED) is 0.658. The average molecular weight is 184 g/mol. The highest BCUT2D eigenvalue weighted by molar-refractivity contribution is 4.69. The zero-order chi connectivity index (χ0) is 9.68. The first-order valence-electron chi connectivity index (χ1n) is 5.67. The van der Waals surface area contributed by atoms with Crippen LogP contribution in [0.4, 0.5) is 0 Å². The number of nitrogens with zero attached hydrogens (tertiary/aromatic N) is 2. The van der Waals surface area contributed by atoms with Gasteiger partial charge in [-0.05, 0) is 32.0 Å². The van der Waals surface area contributed by atoms with Crippen LogP contribution in [0.25, 0.3) is 0 Å². The van der Waals surface area contributed by atoms with Gasteiger partial charge in [-0.15, -0.1) is 0 Å².